The van der Waals surface area contributed by atoms with E-state index in [9.17, 15) is 0 Å². The molecule has 1 aromatic heterocycles. The molecule has 0 saturated carbocycles. The van der Waals surface area contributed by atoms with Gasteiger partial charge in [-0.25, -0.2) is 4.98 Å². The maximum Gasteiger partial charge on any atom is 0.213 e. The van der Waals surface area contributed by atoms with Crippen molar-refractivity contribution in [1.29, 1.82) is 0 Å². The first kappa shape index (κ1) is 23.5. The molecule has 6 nitrogen and oxygen atoms in total. The molecular formula is C22H34IN5O. The normalized spacial score (nSPS) is 15.8. The lowest BCUT2D eigenvalue weighted by molar-refractivity contribution is 0.379. The number of hydrogen-bond acceptors (Lipinski definition) is 4. The summed E-state index contributed by atoms with van der Waals surface area (Å²) in [5.41, 5.74) is 2.51. The van der Waals surface area contributed by atoms with Crippen molar-refractivity contribution in [2.45, 2.75) is 58.5 Å². The molecule has 1 aliphatic heterocycles. The van der Waals surface area contributed by atoms with Crippen molar-refractivity contribution in [1.82, 2.24) is 15.6 Å². The lowest BCUT2D eigenvalue weighted by atomic mass is 9.94. The van der Waals surface area contributed by atoms with Gasteiger partial charge in [-0.3, -0.25) is 4.99 Å². The number of aliphatic imine (C=N–C) groups is 1. The van der Waals surface area contributed by atoms with Gasteiger partial charge in [-0.1, -0.05) is 32.9 Å². The van der Waals surface area contributed by atoms with Crippen molar-refractivity contribution < 1.29 is 4.42 Å². The van der Waals surface area contributed by atoms with Gasteiger partial charge in [-0.15, -0.1) is 24.0 Å². The minimum absolute atomic E-state index is 0. The molecule has 0 aliphatic carbocycles. The number of aromatic nitrogens is 1. The number of oxazole rings is 1. The first-order valence-corrected chi connectivity index (χ1v) is 10.1. The Hall–Kier alpha value is -1.77. The maximum atomic E-state index is 5.84. The highest BCUT2D eigenvalue weighted by Gasteiger charge is 2.19. The molecule has 1 aromatic carbocycles. The van der Waals surface area contributed by atoms with E-state index in [0.717, 1.165) is 24.8 Å². The third-order valence-corrected chi connectivity index (χ3v) is 5.12. The van der Waals surface area contributed by atoms with Crippen molar-refractivity contribution >= 4 is 35.6 Å². The number of guanidine groups is 1. The standard InChI is InChI=1S/C22H33N5O.HI/c1-16(17-9-8-10-18(13-17)27-11-6-7-12-27)26-21(23-5)25-15-20-24-14-19(28-20)22(2,3)4;/h8-10,13-14,16H,6-7,11-12,15H2,1-5H3,(H2,23,25,26);1H. The predicted octanol–water partition coefficient (Wildman–Crippen LogP) is 4.62. The van der Waals surface area contributed by atoms with Crippen LogP contribution in [0.5, 0.6) is 0 Å². The van der Waals surface area contributed by atoms with Crippen LogP contribution < -0.4 is 15.5 Å². The van der Waals surface area contributed by atoms with Gasteiger partial charge < -0.3 is 20.0 Å². The molecule has 0 radical (unpaired) electrons. The van der Waals surface area contributed by atoms with Crippen LogP contribution in [0.1, 0.15) is 63.8 Å². The topological polar surface area (TPSA) is 65.7 Å². The number of halogens is 1. The summed E-state index contributed by atoms with van der Waals surface area (Å²) in [6.45, 7) is 11.3. The Kier molecular flexibility index (Phi) is 8.36. The Morgan fingerprint density at radius 2 is 2.00 bits per heavy atom. The quantitative estimate of drug-likeness (QED) is 0.349. The number of rotatable bonds is 5. The van der Waals surface area contributed by atoms with E-state index in [1.165, 1.54) is 24.1 Å². The molecule has 7 heteroatoms. The van der Waals surface area contributed by atoms with Gasteiger partial charge >= 0.3 is 0 Å². The fraction of sp³-hybridized carbons (Fsp3) is 0.545. The van der Waals surface area contributed by atoms with E-state index >= 15 is 0 Å². The van der Waals surface area contributed by atoms with E-state index < -0.39 is 0 Å². The van der Waals surface area contributed by atoms with E-state index in [2.05, 4.69) is 77.5 Å². The zero-order valence-corrected chi connectivity index (χ0v) is 20.5. The molecule has 0 amide bonds. The van der Waals surface area contributed by atoms with Crippen molar-refractivity contribution in [3.05, 3.63) is 47.7 Å². The fourth-order valence-electron chi connectivity index (χ4n) is 3.35. The number of benzene rings is 1. The molecular weight excluding hydrogens is 477 g/mol. The van der Waals surface area contributed by atoms with Crippen LogP contribution in [0.3, 0.4) is 0 Å². The number of anilines is 1. The Morgan fingerprint density at radius 3 is 2.62 bits per heavy atom. The molecule has 1 aliphatic rings. The molecule has 2 N–H and O–H groups in total. The predicted molar refractivity (Wildman–Crippen MR) is 130 cm³/mol. The van der Waals surface area contributed by atoms with Crippen molar-refractivity contribution in [2.24, 2.45) is 4.99 Å². The van der Waals surface area contributed by atoms with Crippen molar-refractivity contribution in [2.75, 3.05) is 25.0 Å². The SMILES string of the molecule is CN=C(NCc1ncc(C(C)(C)C)o1)NC(C)c1cccc(N2CCCC2)c1.I. The Morgan fingerprint density at radius 1 is 1.28 bits per heavy atom. The first-order valence-electron chi connectivity index (χ1n) is 10.1. The lowest BCUT2D eigenvalue weighted by Crippen LogP contribution is -2.38. The van der Waals surface area contributed by atoms with Gasteiger partial charge in [-0.05, 0) is 37.5 Å². The number of hydrogen-bond donors (Lipinski definition) is 2. The van der Waals surface area contributed by atoms with Gasteiger partial charge in [0.1, 0.15) is 5.76 Å². The molecule has 160 valence electrons. The summed E-state index contributed by atoms with van der Waals surface area (Å²) in [6.07, 6.45) is 4.37. The number of nitrogens with one attached hydrogen (secondary N) is 2. The minimum atomic E-state index is -0.0416. The highest BCUT2D eigenvalue weighted by atomic mass is 127. The highest BCUT2D eigenvalue weighted by molar-refractivity contribution is 14.0. The molecule has 2 aromatic rings. The second-order valence-electron chi connectivity index (χ2n) is 8.45. The summed E-state index contributed by atoms with van der Waals surface area (Å²) in [6, 6.07) is 8.92. The van der Waals surface area contributed by atoms with E-state index in [1.54, 1.807) is 13.2 Å². The summed E-state index contributed by atoms with van der Waals surface area (Å²) in [5.74, 6) is 2.28. The van der Waals surface area contributed by atoms with Gasteiger partial charge in [0.05, 0.1) is 18.8 Å². The van der Waals surface area contributed by atoms with Crippen LogP contribution >= 0.6 is 24.0 Å². The van der Waals surface area contributed by atoms with Crippen LogP contribution in [0.2, 0.25) is 0 Å². The third-order valence-electron chi connectivity index (χ3n) is 5.12. The average Bonchev–Trinajstić information content (AvgIpc) is 3.36. The summed E-state index contributed by atoms with van der Waals surface area (Å²) < 4.78 is 5.84. The summed E-state index contributed by atoms with van der Waals surface area (Å²) >= 11 is 0. The van der Waals surface area contributed by atoms with E-state index in [4.69, 9.17) is 4.42 Å². The Balaban J connectivity index is 0.00000300. The zero-order chi connectivity index (χ0) is 20.1. The van der Waals surface area contributed by atoms with Crippen molar-refractivity contribution in [3.63, 3.8) is 0 Å². The Labute approximate surface area is 191 Å². The van der Waals surface area contributed by atoms with Gasteiger partial charge in [0.2, 0.25) is 5.89 Å². The molecule has 29 heavy (non-hydrogen) atoms. The van der Waals surface area contributed by atoms with Crippen LogP contribution in [0, 0.1) is 0 Å². The van der Waals surface area contributed by atoms with Crippen LogP contribution in [-0.4, -0.2) is 31.1 Å². The van der Waals surface area contributed by atoms with Crippen LogP contribution in [0.25, 0.3) is 0 Å². The second-order valence-corrected chi connectivity index (χ2v) is 8.45. The lowest BCUT2D eigenvalue weighted by Gasteiger charge is -2.22. The minimum Gasteiger partial charge on any atom is -0.443 e. The average molecular weight is 511 g/mol. The molecule has 0 bridgehead atoms. The van der Waals surface area contributed by atoms with E-state index in [-0.39, 0.29) is 35.4 Å². The molecule has 1 fully saturated rings. The highest BCUT2D eigenvalue weighted by Crippen LogP contribution is 2.24. The van der Waals surface area contributed by atoms with Gasteiger partial charge in [-0.2, -0.15) is 0 Å². The fourth-order valence-corrected chi connectivity index (χ4v) is 3.35. The molecule has 1 saturated heterocycles. The monoisotopic (exact) mass is 511 g/mol. The first-order chi connectivity index (χ1) is 13.4. The Bertz CT molecular complexity index is 806. The molecule has 2 heterocycles. The molecule has 0 spiro atoms. The van der Waals surface area contributed by atoms with E-state index in [1.807, 2.05) is 0 Å². The van der Waals surface area contributed by atoms with Crippen LogP contribution in [0.4, 0.5) is 5.69 Å². The zero-order valence-electron chi connectivity index (χ0n) is 18.2. The van der Waals surface area contributed by atoms with Gasteiger partial charge in [0.15, 0.2) is 5.96 Å². The third kappa shape index (κ3) is 6.35. The van der Waals surface area contributed by atoms with E-state index in [0.29, 0.717) is 12.4 Å². The van der Waals surface area contributed by atoms with Crippen molar-refractivity contribution in [3.8, 4) is 0 Å². The van der Waals surface area contributed by atoms with Gasteiger partial charge in [0, 0.05) is 31.2 Å². The van der Waals surface area contributed by atoms with Crippen LogP contribution in [-0.2, 0) is 12.0 Å². The molecule has 1 unspecified atom stereocenters. The number of nitrogens with zero attached hydrogens (tertiary/aromatic N) is 3. The smallest absolute Gasteiger partial charge is 0.213 e. The van der Waals surface area contributed by atoms with Gasteiger partial charge in [0.25, 0.3) is 0 Å². The molecule has 1 atom stereocenters. The molecule has 3 rings (SSSR count). The van der Waals surface area contributed by atoms with Crippen LogP contribution in [0.15, 0.2) is 39.9 Å². The largest absolute Gasteiger partial charge is 0.443 e. The summed E-state index contributed by atoms with van der Waals surface area (Å²) in [5, 5.41) is 6.75. The maximum absolute atomic E-state index is 5.84. The summed E-state index contributed by atoms with van der Waals surface area (Å²) in [7, 11) is 1.78. The second kappa shape index (κ2) is 10.3. The summed E-state index contributed by atoms with van der Waals surface area (Å²) in [4.78, 5) is 11.2.